The fourth-order valence-electron chi connectivity index (χ4n) is 1.55. The third kappa shape index (κ3) is 2.11. The van der Waals surface area contributed by atoms with Crippen LogP contribution in [0.1, 0.15) is 5.69 Å². The molecule has 0 saturated heterocycles. The standard InChI is InChI=1S/C12H12N2O2/c1-9-7-11(10-5-3-2-4-6-10)13-14(9)8-12(15)16/h2-7H,8H2,1H3,(H,15,16). The quantitative estimate of drug-likeness (QED) is 0.853. The SMILES string of the molecule is Cc1cc(-c2ccccc2)nn1CC(=O)O. The lowest BCUT2D eigenvalue weighted by molar-refractivity contribution is -0.137. The highest BCUT2D eigenvalue weighted by Gasteiger charge is 2.08. The van der Waals surface area contributed by atoms with E-state index in [0.29, 0.717) is 0 Å². The summed E-state index contributed by atoms with van der Waals surface area (Å²) in [6, 6.07) is 11.6. The molecule has 0 aliphatic heterocycles. The van der Waals surface area contributed by atoms with Crippen molar-refractivity contribution in [2.45, 2.75) is 13.5 Å². The molecule has 0 unspecified atom stereocenters. The number of hydrogen-bond acceptors (Lipinski definition) is 2. The van der Waals surface area contributed by atoms with Gasteiger partial charge in [-0.05, 0) is 13.0 Å². The van der Waals surface area contributed by atoms with E-state index in [1.54, 1.807) is 0 Å². The molecule has 0 atom stereocenters. The van der Waals surface area contributed by atoms with E-state index in [0.717, 1.165) is 17.0 Å². The van der Waals surface area contributed by atoms with Crippen LogP contribution in [0.15, 0.2) is 36.4 Å². The molecular weight excluding hydrogens is 204 g/mol. The molecule has 0 bridgehead atoms. The Hall–Kier alpha value is -2.10. The Morgan fingerprint density at radius 3 is 2.69 bits per heavy atom. The second-order valence-corrected chi connectivity index (χ2v) is 3.59. The van der Waals surface area contributed by atoms with Crippen LogP contribution in [-0.2, 0) is 11.3 Å². The predicted octanol–water partition coefficient (Wildman–Crippen LogP) is 1.94. The van der Waals surface area contributed by atoms with Crippen LogP contribution in [0.3, 0.4) is 0 Å². The van der Waals surface area contributed by atoms with Gasteiger partial charge in [-0.1, -0.05) is 30.3 Å². The summed E-state index contributed by atoms with van der Waals surface area (Å²) in [4.78, 5) is 10.6. The summed E-state index contributed by atoms with van der Waals surface area (Å²) in [6.45, 7) is 1.75. The summed E-state index contributed by atoms with van der Waals surface area (Å²) in [5, 5.41) is 13.0. The normalized spacial score (nSPS) is 10.3. The largest absolute Gasteiger partial charge is 0.480 e. The lowest BCUT2D eigenvalue weighted by atomic mass is 10.1. The topological polar surface area (TPSA) is 55.1 Å². The first-order chi connectivity index (χ1) is 7.66. The first-order valence-corrected chi connectivity index (χ1v) is 4.98. The predicted molar refractivity (Wildman–Crippen MR) is 60.0 cm³/mol. The molecule has 82 valence electrons. The molecule has 1 N–H and O–H groups in total. The molecule has 0 spiro atoms. The number of carbonyl (C=O) groups is 1. The van der Waals surface area contributed by atoms with E-state index in [4.69, 9.17) is 5.11 Å². The molecular formula is C12H12N2O2. The van der Waals surface area contributed by atoms with E-state index in [9.17, 15) is 4.79 Å². The van der Waals surface area contributed by atoms with Crippen LogP contribution < -0.4 is 0 Å². The minimum Gasteiger partial charge on any atom is -0.480 e. The van der Waals surface area contributed by atoms with Gasteiger partial charge in [-0.25, -0.2) is 0 Å². The van der Waals surface area contributed by atoms with Gasteiger partial charge in [-0.15, -0.1) is 0 Å². The average Bonchev–Trinajstić information content (AvgIpc) is 2.61. The van der Waals surface area contributed by atoms with E-state index < -0.39 is 5.97 Å². The zero-order valence-corrected chi connectivity index (χ0v) is 8.92. The van der Waals surface area contributed by atoms with Crippen molar-refractivity contribution in [3.63, 3.8) is 0 Å². The number of rotatable bonds is 3. The van der Waals surface area contributed by atoms with Crippen molar-refractivity contribution < 1.29 is 9.90 Å². The minimum atomic E-state index is -0.884. The maximum Gasteiger partial charge on any atom is 0.325 e. The van der Waals surface area contributed by atoms with E-state index in [2.05, 4.69) is 5.10 Å². The third-order valence-electron chi connectivity index (χ3n) is 2.34. The van der Waals surface area contributed by atoms with Gasteiger partial charge in [0.15, 0.2) is 0 Å². The maximum absolute atomic E-state index is 10.6. The first kappa shape index (κ1) is 10.4. The highest BCUT2D eigenvalue weighted by Crippen LogP contribution is 2.18. The number of aliphatic carboxylic acids is 1. The highest BCUT2D eigenvalue weighted by molar-refractivity contribution is 5.67. The zero-order valence-electron chi connectivity index (χ0n) is 8.92. The van der Waals surface area contributed by atoms with Gasteiger partial charge >= 0.3 is 5.97 Å². The summed E-state index contributed by atoms with van der Waals surface area (Å²) in [5.74, 6) is -0.884. The molecule has 4 nitrogen and oxygen atoms in total. The monoisotopic (exact) mass is 216 g/mol. The van der Waals surface area contributed by atoms with Crippen LogP contribution >= 0.6 is 0 Å². The second-order valence-electron chi connectivity index (χ2n) is 3.59. The van der Waals surface area contributed by atoms with E-state index in [1.165, 1.54) is 4.68 Å². The third-order valence-corrected chi connectivity index (χ3v) is 2.34. The van der Waals surface area contributed by atoms with Crippen LogP contribution in [0, 0.1) is 6.92 Å². The molecule has 1 aromatic carbocycles. The summed E-state index contributed by atoms with van der Waals surface area (Å²) in [7, 11) is 0. The Kier molecular flexibility index (Phi) is 2.72. The molecule has 0 amide bonds. The smallest absolute Gasteiger partial charge is 0.325 e. The van der Waals surface area contributed by atoms with E-state index in [-0.39, 0.29) is 6.54 Å². The van der Waals surface area contributed by atoms with Gasteiger partial charge in [0.2, 0.25) is 0 Å². The molecule has 0 saturated carbocycles. The number of carboxylic acid groups (broad SMARTS) is 1. The Labute approximate surface area is 93.1 Å². The number of nitrogens with zero attached hydrogens (tertiary/aromatic N) is 2. The number of carboxylic acids is 1. The lowest BCUT2D eigenvalue weighted by Crippen LogP contribution is -2.11. The lowest BCUT2D eigenvalue weighted by Gasteiger charge is -1.98. The Morgan fingerprint density at radius 2 is 2.06 bits per heavy atom. The molecule has 1 heterocycles. The van der Waals surface area contributed by atoms with Crippen molar-refractivity contribution in [1.29, 1.82) is 0 Å². The summed E-state index contributed by atoms with van der Waals surface area (Å²) in [5.41, 5.74) is 2.65. The number of aromatic nitrogens is 2. The van der Waals surface area contributed by atoms with Gasteiger partial charge in [-0.2, -0.15) is 5.10 Å². The second kappa shape index (κ2) is 4.18. The molecule has 0 aliphatic carbocycles. The Bertz CT molecular complexity index is 503. The van der Waals surface area contributed by atoms with Crippen LogP contribution in [0.5, 0.6) is 0 Å². The van der Waals surface area contributed by atoms with Crippen LogP contribution in [0.25, 0.3) is 11.3 Å². The molecule has 0 fully saturated rings. The summed E-state index contributed by atoms with van der Waals surface area (Å²) < 4.78 is 1.49. The van der Waals surface area contributed by atoms with Crippen LogP contribution in [0.2, 0.25) is 0 Å². The molecule has 2 rings (SSSR count). The van der Waals surface area contributed by atoms with Crippen LogP contribution in [0.4, 0.5) is 0 Å². The number of aryl methyl sites for hydroxylation is 1. The first-order valence-electron chi connectivity index (χ1n) is 4.98. The highest BCUT2D eigenvalue weighted by atomic mass is 16.4. The summed E-state index contributed by atoms with van der Waals surface area (Å²) in [6.07, 6.45) is 0. The Balaban J connectivity index is 2.34. The van der Waals surface area contributed by atoms with Crippen molar-refractivity contribution in [3.8, 4) is 11.3 Å². The molecule has 0 radical (unpaired) electrons. The number of benzene rings is 1. The van der Waals surface area contributed by atoms with Gasteiger partial charge < -0.3 is 5.11 Å². The van der Waals surface area contributed by atoms with Gasteiger partial charge in [0.05, 0.1) is 5.69 Å². The molecule has 16 heavy (non-hydrogen) atoms. The van der Waals surface area contributed by atoms with Crippen molar-refractivity contribution in [3.05, 3.63) is 42.1 Å². The van der Waals surface area contributed by atoms with Crippen molar-refractivity contribution >= 4 is 5.97 Å². The maximum atomic E-state index is 10.6. The minimum absolute atomic E-state index is 0.0985. The van der Waals surface area contributed by atoms with E-state index in [1.807, 2.05) is 43.3 Å². The fourth-order valence-corrected chi connectivity index (χ4v) is 1.55. The number of hydrogen-bond donors (Lipinski definition) is 1. The molecule has 1 aromatic heterocycles. The molecule has 0 aliphatic rings. The molecule has 4 heteroatoms. The van der Waals surface area contributed by atoms with Crippen molar-refractivity contribution in [1.82, 2.24) is 9.78 Å². The van der Waals surface area contributed by atoms with Gasteiger partial charge in [0, 0.05) is 11.3 Å². The van der Waals surface area contributed by atoms with Crippen molar-refractivity contribution in [2.75, 3.05) is 0 Å². The molecule has 2 aromatic rings. The van der Waals surface area contributed by atoms with Gasteiger partial charge in [0.25, 0.3) is 0 Å². The fraction of sp³-hybridized carbons (Fsp3) is 0.167. The zero-order chi connectivity index (χ0) is 11.5. The average molecular weight is 216 g/mol. The van der Waals surface area contributed by atoms with Gasteiger partial charge in [0.1, 0.15) is 6.54 Å². The van der Waals surface area contributed by atoms with Crippen LogP contribution in [-0.4, -0.2) is 20.9 Å². The summed E-state index contributed by atoms with van der Waals surface area (Å²) >= 11 is 0. The Morgan fingerprint density at radius 1 is 1.38 bits per heavy atom. The van der Waals surface area contributed by atoms with Gasteiger partial charge in [-0.3, -0.25) is 9.48 Å². The van der Waals surface area contributed by atoms with Crippen molar-refractivity contribution in [2.24, 2.45) is 0 Å². The van der Waals surface area contributed by atoms with E-state index >= 15 is 0 Å².